The van der Waals surface area contributed by atoms with Gasteiger partial charge in [-0.15, -0.1) is 0 Å². The number of hydrogen-bond acceptors (Lipinski definition) is 1. The van der Waals surface area contributed by atoms with E-state index in [2.05, 4.69) is 171 Å². The molecule has 0 aliphatic carbocycles. The summed E-state index contributed by atoms with van der Waals surface area (Å²) in [6.07, 6.45) is 0. The highest BCUT2D eigenvalue weighted by molar-refractivity contribution is 7.81. The van der Waals surface area contributed by atoms with Crippen LogP contribution in [0.2, 0.25) is 0 Å². The molecule has 1 N–H and O–H groups in total. The van der Waals surface area contributed by atoms with Crippen LogP contribution in [0.3, 0.4) is 0 Å². The third kappa shape index (κ3) is 8.12. The maximum Gasteiger partial charge on any atom is 0.305 e. The van der Waals surface area contributed by atoms with E-state index in [1.165, 1.54) is 0 Å². The third-order valence-electron chi connectivity index (χ3n) is 6.07. The minimum absolute atomic E-state index is 0.249. The first kappa shape index (κ1) is 38.6. The van der Waals surface area contributed by atoms with Crippen molar-refractivity contribution in [2.45, 2.75) is 45.8 Å². The summed E-state index contributed by atoms with van der Waals surface area (Å²) < 4.78 is 38.8. The van der Waals surface area contributed by atoms with Crippen molar-refractivity contribution >= 4 is 29.9 Å². The van der Waals surface area contributed by atoms with Gasteiger partial charge in [0.25, 0.3) is 0 Å². The van der Waals surface area contributed by atoms with Gasteiger partial charge >= 0.3 is 7.51 Å². The van der Waals surface area contributed by atoms with Crippen LogP contribution in [-0.2, 0) is 0 Å². The van der Waals surface area contributed by atoms with E-state index in [1.807, 2.05) is 7.05 Å². The van der Waals surface area contributed by atoms with E-state index in [4.69, 9.17) is 18.3 Å². The Balaban J connectivity index is 9.28. The van der Waals surface area contributed by atoms with E-state index in [1.54, 1.807) is 0 Å². The molecular formula is C22H62N12P4. The largest absolute Gasteiger partial charge is 0.305 e. The van der Waals surface area contributed by atoms with E-state index in [-0.39, 0.29) is 5.66 Å². The van der Waals surface area contributed by atoms with E-state index in [0.717, 1.165) is 0 Å². The molecule has 38 heavy (non-hydrogen) atoms. The molecule has 1 unspecified atom stereocenters. The van der Waals surface area contributed by atoms with Gasteiger partial charge in [0.15, 0.2) is 15.0 Å². The van der Waals surface area contributed by atoms with Crippen molar-refractivity contribution in [3.8, 4) is 0 Å². The van der Waals surface area contributed by atoms with Crippen molar-refractivity contribution < 1.29 is 0 Å². The number of rotatable bonds is 12. The summed E-state index contributed by atoms with van der Waals surface area (Å²) in [6.45, 7) is 10.9. The number of nitrogens with one attached hydrogen (secondary N) is 1. The SMILES string of the molecule is CNP(=NP(=NC(C)(C)C)(N=P(C(C)C)(N(C)C)N(C)C)N=P(N(C)C)(N(C)C)N(C)C)(N(C)C)N(C)C. The first-order valence-electron chi connectivity index (χ1n) is 12.9. The van der Waals surface area contributed by atoms with Crippen LogP contribution in [-0.4, -0.2) is 150 Å². The Morgan fingerprint density at radius 2 is 0.921 bits per heavy atom. The van der Waals surface area contributed by atoms with Crippen LogP contribution < -0.4 is 5.09 Å². The lowest BCUT2D eigenvalue weighted by atomic mass is 10.1. The molecule has 0 aliphatic heterocycles. The first-order valence-corrected chi connectivity index (χ1v) is 19.5. The lowest BCUT2D eigenvalue weighted by Crippen LogP contribution is -2.31. The van der Waals surface area contributed by atoms with Crippen LogP contribution in [0.1, 0.15) is 34.6 Å². The van der Waals surface area contributed by atoms with Gasteiger partial charge in [-0.05, 0) is 126 Å². The molecule has 230 valence electrons. The molecule has 0 spiro atoms. The van der Waals surface area contributed by atoms with Crippen LogP contribution in [0.4, 0.5) is 0 Å². The molecule has 0 saturated heterocycles. The molecule has 0 radical (unpaired) electrons. The zero-order chi connectivity index (χ0) is 30.7. The summed E-state index contributed by atoms with van der Waals surface area (Å²) in [5, 5.41) is 3.60. The van der Waals surface area contributed by atoms with Gasteiger partial charge in [0.05, 0.1) is 5.54 Å². The molecule has 0 aliphatic rings. The zero-order valence-electron chi connectivity index (χ0n) is 28.3. The molecule has 0 bridgehead atoms. The van der Waals surface area contributed by atoms with Crippen LogP contribution in [0.15, 0.2) is 18.3 Å². The Morgan fingerprint density at radius 3 is 1.13 bits per heavy atom. The van der Waals surface area contributed by atoms with E-state index in [0.29, 0.717) is 0 Å². The Hall–Kier alpha value is 0.600. The molecule has 0 saturated carbocycles. The molecule has 0 heterocycles. The second-order valence-corrected chi connectivity index (χ2v) is 26.0. The van der Waals surface area contributed by atoms with Gasteiger partial charge in [-0.2, -0.15) is 13.5 Å². The summed E-state index contributed by atoms with van der Waals surface area (Å²) in [5.74, 6) is 0. The topological polar surface area (TPSA) is 84.1 Å². The molecule has 0 amide bonds. The molecule has 0 aromatic heterocycles. The number of hydrogen-bond donors (Lipinski definition) is 1. The van der Waals surface area contributed by atoms with E-state index >= 15 is 0 Å². The fourth-order valence-corrected chi connectivity index (χ4v) is 23.5. The Morgan fingerprint density at radius 1 is 0.553 bits per heavy atom. The molecule has 0 fully saturated rings. The fraction of sp³-hybridized carbons (Fsp3) is 1.00. The standard InChI is InChI=1S/C22H62N12P4/c1-21(2)35(28(7)8,29(9)10)25-36(24-22(3,4)5,26-37(23-6,30(11)12)31(13)14)27-38(32(15)16,33(17)18)34(19)20/h21,23H,1-20H3. The van der Waals surface area contributed by atoms with E-state index in [9.17, 15) is 0 Å². The lowest BCUT2D eigenvalue weighted by Gasteiger charge is -2.45. The highest BCUT2D eigenvalue weighted by Crippen LogP contribution is 2.78. The molecule has 16 heteroatoms. The van der Waals surface area contributed by atoms with Crippen molar-refractivity contribution in [3.63, 3.8) is 0 Å². The highest BCUT2D eigenvalue weighted by atomic mass is 31.3. The van der Waals surface area contributed by atoms with Gasteiger partial charge in [-0.1, -0.05) is 13.8 Å². The summed E-state index contributed by atoms with van der Waals surface area (Å²) in [7, 11) is 21.2. The van der Waals surface area contributed by atoms with Gasteiger partial charge < -0.3 is 0 Å². The minimum Gasteiger partial charge on any atom is -0.264 e. The molecular weight excluding hydrogens is 556 g/mol. The third-order valence-corrected chi connectivity index (χ3v) is 22.6. The maximum absolute atomic E-state index is 5.91. The molecule has 1 atom stereocenters. The quantitative estimate of drug-likeness (QED) is 0.259. The van der Waals surface area contributed by atoms with Gasteiger partial charge in [0.1, 0.15) is 7.36 Å². The molecule has 0 aromatic rings. The normalized spacial score (nSPS) is 16.0. The molecule has 12 nitrogen and oxygen atoms in total. The summed E-state index contributed by atoms with van der Waals surface area (Å²) in [6, 6.07) is 0. The van der Waals surface area contributed by atoms with Gasteiger partial charge in [0, 0.05) is 5.66 Å². The summed E-state index contributed by atoms with van der Waals surface area (Å²) >= 11 is 0. The second kappa shape index (κ2) is 14.2. The maximum atomic E-state index is 5.91. The van der Waals surface area contributed by atoms with Crippen molar-refractivity contribution in [1.29, 1.82) is 0 Å². The van der Waals surface area contributed by atoms with Crippen LogP contribution in [0.5, 0.6) is 0 Å². The fourth-order valence-electron chi connectivity index (χ4n) is 4.84. The Kier molecular flexibility index (Phi) is 14.4. The highest BCUT2D eigenvalue weighted by Gasteiger charge is 2.41. The number of nitrogens with zero attached hydrogens (tertiary/aromatic N) is 11. The van der Waals surface area contributed by atoms with Crippen LogP contribution >= 0.6 is 29.9 Å². The smallest absolute Gasteiger partial charge is 0.264 e. The Bertz CT molecular complexity index is 872. The minimum atomic E-state index is -3.14. The molecule has 0 aromatic carbocycles. The second-order valence-electron chi connectivity index (χ2n) is 12.0. The summed E-state index contributed by atoms with van der Waals surface area (Å²) in [4.78, 5) is 0. The predicted molar refractivity (Wildman–Crippen MR) is 177 cm³/mol. The van der Waals surface area contributed by atoms with Crippen molar-refractivity contribution in [3.05, 3.63) is 0 Å². The van der Waals surface area contributed by atoms with Crippen LogP contribution in [0, 0.1) is 0 Å². The van der Waals surface area contributed by atoms with Gasteiger partial charge in [0.2, 0.25) is 0 Å². The monoisotopic (exact) mass is 618 g/mol. The van der Waals surface area contributed by atoms with Gasteiger partial charge in [-0.3, -0.25) is 37.8 Å². The average Bonchev–Trinajstić information content (AvgIpc) is 2.71. The first-order chi connectivity index (χ1) is 16.9. The average molecular weight is 619 g/mol. The van der Waals surface area contributed by atoms with Crippen molar-refractivity contribution in [1.82, 2.24) is 37.8 Å². The Labute approximate surface area is 237 Å². The van der Waals surface area contributed by atoms with E-state index < -0.39 is 35.4 Å². The van der Waals surface area contributed by atoms with Gasteiger partial charge in [-0.25, -0.2) is 4.74 Å². The molecule has 0 rings (SSSR count). The predicted octanol–water partition coefficient (Wildman–Crippen LogP) is 6.21. The van der Waals surface area contributed by atoms with Crippen LogP contribution in [0.25, 0.3) is 0 Å². The summed E-state index contributed by atoms with van der Waals surface area (Å²) in [5.41, 5.74) is -0.169. The zero-order valence-corrected chi connectivity index (χ0v) is 31.9. The lowest BCUT2D eigenvalue weighted by molar-refractivity contribution is 0.475. The van der Waals surface area contributed by atoms with Crippen molar-refractivity contribution in [2.24, 2.45) is 18.3 Å². The van der Waals surface area contributed by atoms with Crippen molar-refractivity contribution in [2.75, 3.05) is 106 Å².